The van der Waals surface area contributed by atoms with Crippen LogP contribution in [0.3, 0.4) is 0 Å². The van der Waals surface area contributed by atoms with Gasteiger partial charge in [-0.25, -0.2) is 0 Å². The molecule has 14 heavy (non-hydrogen) atoms. The Morgan fingerprint density at radius 3 is 2.50 bits per heavy atom. The van der Waals surface area contributed by atoms with Gasteiger partial charge in [-0.1, -0.05) is 32.9 Å². The topological polar surface area (TPSA) is 21.3 Å². The molecule has 0 aliphatic rings. The lowest BCUT2D eigenvalue weighted by Crippen LogP contribution is -2.27. The number of hydrogen-bond donors (Lipinski definition) is 1. The van der Waals surface area contributed by atoms with Crippen LogP contribution in [0.15, 0.2) is 12.2 Å². The largest absolute Gasteiger partial charge is 0.377 e. The third-order valence-corrected chi connectivity index (χ3v) is 1.90. The van der Waals surface area contributed by atoms with E-state index in [-0.39, 0.29) is 0 Å². The maximum atomic E-state index is 5.47. The number of ether oxygens (including phenoxy) is 1. The van der Waals surface area contributed by atoms with E-state index in [1.165, 1.54) is 0 Å². The Bertz CT molecular complexity index is 143. The van der Waals surface area contributed by atoms with Gasteiger partial charge in [0.25, 0.3) is 0 Å². The molecule has 0 aromatic carbocycles. The lowest BCUT2D eigenvalue weighted by atomic mass is 10.2. The Morgan fingerprint density at radius 2 is 1.93 bits per heavy atom. The summed E-state index contributed by atoms with van der Waals surface area (Å²) in [6.07, 6.45) is 4.05. The molecule has 0 aromatic rings. The number of rotatable bonds is 8. The van der Waals surface area contributed by atoms with Gasteiger partial charge in [0.05, 0.1) is 13.2 Å². The number of hydrogen-bond acceptors (Lipinski definition) is 2. The number of allylic oxidation sites excluding steroid dienone is 1. The summed E-state index contributed by atoms with van der Waals surface area (Å²) in [6, 6.07) is 0. The van der Waals surface area contributed by atoms with Gasteiger partial charge < -0.3 is 10.1 Å². The highest BCUT2D eigenvalue weighted by Crippen LogP contribution is 1.95. The molecule has 0 bridgehead atoms. The van der Waals surface area contributed by atoms with Crippen LogP contribution in [-0.2, 0) is 4.74 Å². The SMILES string of the molecule is CC=CCOCC(C)CNCC(C)C. The minimum Gasteiger partial charge on any atom is -0.377 e. The van der Waals surface area contributed by atoms with Crippen molar-refractivity contribution in [3.8, 4) is 0 Å². The summed E-state index contributed by atoms with van der Waals surface area (Å²) in [5, 5.41) is 3.43. The molecule has 84 valence electrons. The molecule has 0 aromatic heterocycles. The quantitative estimate of drug-likeness (QED) is 0.479. The summed E-state index contributed by atoms with van der Waals surface area (Å²) in [6.45, 7) is 12.4. The fourth-order valence-electron chi connectivity index (χ4n) is 1.11. The van der Waals surface area contributed by atoms with E-state index < -0.39 is 0 Å². The zero-order chi connectivity index (χ0) is 10.8. The van der Waals surface area contributed by atoms with Gasteiger partial charge >= 0.3 is 0 Å². The van der Waals surface area contributed by atoms with Crippen LogP contribution in [0.4, 0.5) is 0 Å². The molecule has 0 saturated carbocycles. The van der Waals surface area contributed by atoms with E-state index in [9.17, 15) is 0 Å². The Balaban J connectivity index is 3.23. The van der Waals surface area contributed by atoms with Crippen molar-refractivity contribution in [2.75, 3.05) is 26.3 Å². The highest BCUT2D eigenvalue weighted by molar-refractivity contribution is 4.76. The van der Waals surface area contributed by atoms with Crippen LogP contribution in [0.5, 0.6) is 0 Å². The van der Waals surface area contributed by atoms with E-state index in [0.717, 1.165) is 32.2 Å². The van der Waals surface area contributed by atoms with Crippen LogP contribution < -0.4 is 5.32 Å². The summed E-state index contributed by atoms with van der Waals surface area (Å²) < 4.78 is 5.47. The monoisotopic (exact) mass is 199 g/mol. The summed E-state index contributed by atoms with van der Waals surface area (Å²) in [5.41, 5.74) is 0. The summed E-state index contributed by atoms with van der Waals surface area (Å²) in [4.78, 5) is 0. The van der Waals surface area contributed by atoms with Gasteiger partial charge in [0, 0.05) is 0 Å². The van der Waals surface area contributed by atoms with Gasteiger partial charge in [0.15, 0.2) is 0 Å². The predicted octanol–water partition coefficient (Wildman–Crippen LogP) is 2.46. The second kappa shape index (κ2) is 9.22. The molecule has 0 rings (SSSR count). The third-order valence-electron chi connectivity index (χ3n) is 1.90. The Kier molecular flexibility index (Phi) is 9.00. The van der Waals surface area contributed by atoms with E-state index >= 15 is 0 Å². The van der Waals surface area contributed by atoms with Crippen LogP contribution in [0.1, 0.15) is 27.7 Å². The van der Waals surface area contributed by atoms with Crippen molar-refractivity contribution >= 4 is 0 Å². The standard InChI is InChI=1S/C12H25NO/c1-5-6-7-14-10-12(4)9-13-8-11(2)3/h5-6,11-13H,7-10H2,1-4H3. The van der Waals surface area contributed by atoms with Gasteiger partial charge in [-0.05, 0) is 31.8 Å². The van der Waals surface area contributed by atoms with Crippen molar-refractivity contribution in [1.29, 1.82) is 0 Å². The normalized spacial score (nSPS) is 14.1. The van der Waals surface area contributed by atoms with Crippen molar-refractivity contribution in [3.63, 3.8) is 0 Å². The maximum Gasteiger partial charge on any atom is 0.0647 e. The van der Waals surface area contributed by atoms with Crippen LogP contribution >= 0.6 is 0 Å². The molecule has 0 spiro atoms. The van der Waals surface area contributed by atoms with E-state index in [4.69, 9.17) is 4.74 Å². The molecule has 0 amide bonds. The molecule has 0 aliphatic carbocycles. The molecule has 1 atom stereocenters. The van der Waals surface area contributed by atoms with Crippen molar-refractivity contribution in [1.82, 2.24) is 5.32 Å². The fourth-order valence-corrected chi connectivity index (χ4v) is 1.11. The zero-order valence-corrected chi connectivity index (χ0v) is 10.0. The maximum absolute atomic E-state index is 5.47. The summed E-state index contributed by atoms with van der Waals surface area (Å²) >= 11 is 0. The van der Waals surface area contributed by atoms with Crippen molar-refractivity contribution in [2.45, 2.75) is 27.7 Å². The van der Waals surface area contributed by atoms with Gasteiger partial charge in [0.2, 0.25) is 0 Å². The van der Waals surface area contributed by atoms with Crippen molar-refractivity contribution < 1.29 is 4.74 Å². The molecule has 2 nitrogen and oxygen atoms in total. The molecule has 1 unspecified atom stereocenters. The average molecular weight is 199 g/mol. The Hall–Kier alpha value is -0.340. The van der Waals surface area contributed by atoms with Gasteiger partial charge in [-0.15, -0.1) is 0 Å². The Labute approximate surface area is 88.7 Å². The fraction of sp³-hybridized carbons (Fsp3) is 0.833. The van der Waals surface area contributed by atoms with Crippen LogP contribution in [0, 0.1) is 11.8 Å². The molecule has 0 radical (unpaired) electrons. The summed E-state index contributed by atoms with van der Waals surface area (Å²) in [7, 11) is 0. The smallest absolute Gasteiger partial charge is 0.0647 e. The molecular weight excluding hydrogens is 174 g/mol. The molecule has 0 aliphatic heterocycles. The first-order chi connectivity index (χ1) is 6.66. The highest BCUT2D eigenvalue weighted by atomic mass is 16.5. The molecule has 1 N–H and O–H groups in total. The van der Waals surface area contributed by atoms with Crippen molar-refractivity contribution in [3.05, 3.63) is 12.2 Å². The van der Waals surface area contributed by atoms with Gasteiger partial charge in [-0.2, -0.15) is 0 Å². The molecular formula is C12H25NO. The predicted molar refractivity (Wildman–Crippen MR) is 62.5 cm³/mol. The van der Waals surface area contributed by atoms with Gasteiger partial charge in [0.1, 0.15) is 0 Å². The first-order valence-corrected chi connectivity index (χ1v) is 5.56. The molecule has 0 saturated heterocycles. The zero-order valence-electron chi connectivity index (χ0n) is 10.0. The third kappa shape index (κ3) is 9.75. The molecule has 2 heteroatoms. The minimum absolute atomic E-state index is 0.596. The van der Waals surface area contributed by atoms with Gasteiger partial charge in [-0.3, -0.25) is 0 Å². The second-order valence-electron chi connectivity index (χ2n) is 4.26. The Morgan fingerprint density at radius 1 is 1.21 bits per heavy atom. The first kappa shape index (κ1) is 13.7. The van der Waals surface area contributed by atoms with Crippen LogP contribution in [-0.4, -0.2) is 26.3 Å². The van der Waals surface area contributed by atoms with Crippen LogP contribution in [0.2, 0.25) is 0 Å². The first-order valence-electron chi connectivity index (χ1n) is 5.56. The lowest BCUT2D eigenvalue weighted by Gasteiger charge is -2.13. The highest BCUT2D eigenvalue weighted by Gasteiger charge is 2.01. The van der Waals surface area contributed by atoms with Crippen molar-refractivity contribution in [2.24, 2.45) is 11.8 Å². The second-order valence-corrected chi connectivity index (χ2v) is 4.26. The van der Waals surface area contributed by atoms with Crippen LogP contribution in [0.25, 0.3) is 0 Å². The van der Waals surface area contributed by atoms with E-state index in [1.807, 2.05) is 19.1 Å². The van der Waals surface area contributed by atoms with E-state index in [1.54, 1.807) is 0 Å². The van der Waals surface area contributed by atoms with E-state index in [2.05, 4.69) is 26.1 Å². The molecule has 0 heterocycles. The van der Waals surface area contributed by atoms with E-state index in [0.29, 0.717) is 5.92 Å². The lowest BCUT2D eigenvalue weighted by molar-refractivity contribution is 0.128. The number of nitrogens with one attached hydrogen (secondary N) is 1. The minimum atomic E-state index is 0.596. The average Bonchev–Trinajstić information content (AvgIpc) is 2.12. The molecule has 0 fully saturated rings. The summed E-state index contributed by atoms with van der Waals surface area (Å²) in [5.74, 6) is 1.32.